The molecule has 1 aromatic carbocycles. The van der Waals surface area contributed by atoms with Gasteiger partial charge in [0, 0.05) is 6.42 Å². The standard InChI is InChI=1S/C11H13FO/c12-10-4-1-3-9(7-10)8-11(13)5-2-6-11/h1,3-4,7,13H,2,5-6,8H2. The van der Waals surface area contributed by atoms with E-state index >= 15 is 0 Å². The second-order valence-corrected chi connectivity index (χ2v) is 3.88. The van der Waals surface area contributed by atoms with E-state index in [9.17, 15) is 9.50 Å². The second-order valence-electron chi connectivity index (χ2n) is 3.88. The maximum absolute atomic E-state index is 12.8. The van der Waals surface area contributed by atoms with E-state index in [2.05, 4.69) is 0 Å². The molecule has 0 bridgehead atoms. The highest BCUT2D eigenvalue weighted by Gasteiger charge is 2.34. The quantitative estimate of drug-likeness (QED) is 0.740. The summed E-state index contributed by atoms with van der Waals surface area (Å²) in [5.74, 6) is -0.222. The van der Waals surface area contributed by atoms with Gasteiger partial charge in [-0.25, -0.2) is 4.39 Å². The summed E-state index contributed by atoms with van der Waals surface area (Å²) in [7, 11) is 0. The third-order valence-electron chi connectivity index (χ3n) is 2.71. The van der Waals surface area contributed by atoms with Gasteiger partial charge in [0.2, 0.25) is 0 Å². The molecule has 0 radical (unpaired) electrons. The fraction of sp³-hybridized carbons (Fsp3) is 0.455. The third-order valence-corrected chi connectivity index (χ3v) is 2.71. The van der Waals surface area contributed by atoms with Crippen LogP contribution in [0.5, 0.6) is 0 Å². The molecule has 0 saturated heterocycles. The van der Waals surface area contributed by atoms with Crippen LogP contribution in [0.15, 0.2) is 24.3 Å². The molecular formula is C11H13FO. The van der Waals surface area contributed by atoms with Gasteiger partial charge in [-0.2, -0.15) is 0 Å². The van der Waals surface area contributed by atoms with Crippen molar-refractivity contribution < 1.29 is 9.50 Å². The van der Waals surface area contributed by atoms with Crippen molar-refractivity contribution >= 4 is 0 Å². The maximum atomic E-state index is 12.8. The zero-order chi connectivity index (χ0) is 9.31. The Morgan fingerprint density at radius 2 is 2.15 bits per heavy atom. The lowest BCUT2D eigenvalue weighted by molar-refractivity contribution is -0.0323. The zero-order valence-electron chi connectivity index (χ0n) is 7.46. The van der Waals surface area contributed by atoms with Gasteiger partial charge in [-0.15, -0.1) is 0 Å². The first-order valence-corrected chi connectivity index (χ1v) is 4.65. The minimum absolute atomic E-state index is 0.222. The molecule has 1 fully saturated rings. The van der Waals surface area contributed by atoms with E-state index < -0.39 is 5.60 Å². The third kappa shape index (κ3) is 1.89. The summed E-state index contributed by atoms with van der Waals surface area (Å²) in [6.45, 7) is 0. The second kappa shape index (κ2) is 3.11. The molecule has 1 saturated carbocycles. The lowest BCUT2D eigenvalue weighted by Gasteiger charge is -2.36. The molecule has 1 nitrogen and oxygen atoms in total. The molecule has 2 heteroatoms. The van der Waals surface area contributed by atoms with Gasteiger partial charge < -0.3 is 5.11 Å². The van der Waals surface area contributed by atoms with Gasteiger partial charge in [0.05, 0.1) is 5.60 Å². The van der Waals surface area contributed by atoms with Crippen molar-refractivity contribution in [3.05, 3.63) is 35.6 Å². The van der Waals surface area contributed by atoms with Crippen molar-refractivity contribution in [3.63, 3.8) is 0 Å². The molecule has 0 spiro atoms. The van der Waals surface area contributed by atoms with Crippen LogP contribution in [0.1, 0.15) is 24.8 Å². The van der Waals surface area contributed by atoms with Crippen LogP contribution < -0.4 is 0 Å². The monoisotopic (exact) mass is 180 g/mol. The molecule has 0 aromatic heterocycles. The summed E-state index contributed by atoms with van der Waals surface area (Å²) in [5, 5.41) is 9.83. The summed E-state index contributed by atoms with van der Waals surface area (Å²) in [5.41, 5.74) is 0.343. The van der Waals surface area contributed by atoms with E-state index in [0.29, 0.717) is 6.42 Å². The molecule has 0 unspecified atom stereocenters. The van der Waals surface area contributed by atoms with Crippen molar-refractivity contribution in [1.29, 1.82) is 0 Å². The first-order chi connectivity index (χ1) is 6.18. The Kier molecular flexibility index (Phi) is 2.08. The van der Waals surface area contributed by atoms with Gasteiger partial charge in [-0.1, -0.05) is 12.1 Å². The van der Waals surface area contributed by atoms with Crippen LogP contribution in [0.2, 0.25) is 0 Å². The number of aliphatic hydroxyl groups is 1. The molecule has 2 rings (SSSR count). The predicted molar refractivity (Wildman–Crippen MR) is 48.9 cm³/mol. The van der Waals surface area contributed by atoms with E-state index in [4.69, 9.17) is 0 Å². The van der Waals surface area contributed by atoms with Crippen LogP contribution in [-0.4, -0.2) is 10.7 Å². The highest BCUT2D eigenvalue weighted by molar-refractivity contribution is 5.19. The van der Waals surface area contributed by atoms with Crippen LogP contribution in [0, 0.1) is 5.82 Å². The van der Waals surface area contributed by atoms with Crippen molar-refractivity contribution in [1.82, 2.24) is 0 Å². The van der Waals surface area contributed by atoms with E-state index in [1.54, 1.807) is 6.07 Å². The van der Waals surface area contributed by atoms with Crippen LogP contribution >= 0.6 is 0 Å². The lowest BCUT2D eigenvalue weighted by Crippen LogP contribution is -2.38. The van der Waals surface area contributed by atoms with E-state index in [1.807, 2.05) is 6.07 Å². The first-order valence-electron chi connectivity index (χ1n) is 4.65. The Morgan fingerprint density at radius 3 is 2.69 bits per heavy atom. The molecule has 0 aliphatic heterocycles. The number of hydrogen-bond acceptors (Lipinski definition) is 1. The van der Waals surface area contributed by atoms with Gasteiger partial charge in [0.1, 0.15) is 5.82 Å². The molecular weight excluding hydrogens is 167 g/mol. The molecule has 0 heterocycles. The molecule has 1 aromatic rings. The average Bonchev–Trinajstić information content (AvgIpc) is 2.01. The molecule has 1 N–H and O–H groups in total. The average molecular weight is 180 g/mol. The van der Waals surface area contributed by atoms with Gasteiger partial charge in [-0.3, -0.25) is 0 Å². The van der Waals surface area contributed by atoms with Crippen LogP contribution in [0.4, 0.5) is 4.39 Å². The minimum Gasteiger partial charge on any atom is -0.390 e. The maximum Gasteiger partial charge on any atom is 0.123 e. The van der Waals surface area contributed by atoms with Gasteiger partial charge >= 0.3 is 0 Å². The Bertz CT molecular complexity index is 305. The van der Waals surface area contributed by atoms with Crippen molar-refractivity contribution in [2.24, 2.45) is 0 Å². The van der Waals surface area contributed by atoms with Crippen LogP contribution in [0.25, 0.3) is 0 Å². The zero-order valence-corrected chi connectivity index (χ0v) is 7.46. The van der Waals surface area contributed by atoms with Crippen molar-refractivity contribution in [3.8, 4) is 0 Å². The van der Waals surface area contributed by atoms with E-state index in [1.165, 1.54) is 12.1 Å². The van der Waals surface area contributed by atoms with Gasteiger partial charge in [0.15, 0.2) is 0 Å². The largest absolute Gasteiger partial charge is 0.390 e. The van der Waals surface area contributed by atoms with E-state index in [0.717, 1.165) is 24.8 Å². The number of rotatable bonds is 2. The van der Waals surface area contributed by atoms with Crippen LogP contribution in [-0.2, 0) is 6.42 Å². The molecule has 0 atom stereocenters. The molecule has 13 heavy (non-hydrogen) atoms. The van der Waals surface area contributed by atoms with E-state index in [-0.39, 0.29) is 5.82 Å². The topological polar surface area (TPSA) is 20.2 Å². The number of benzene rings is 1. The van der Waals surface area contributed by atoms with Gasteiger partial charge in [-0.05, 0) is 37.0 Å². The number of halogens is 1. The normalized spacial score (nSPS) is 19.5. The highest BCUT2D eigenvalue weighted by Crippen LogP contribution is 2.34. The highest BCUT2D eigenvalue weighted by atomic mass is 19.1. The van der Waals surface area contributed by atoms with Crippen LogP contribution in [0.3, 0.4) is 0 Å². The smallest absolute Gasteiger partial charge is 0.123 e. The van der Waals surface area contributed by atoms with Crippen molar-refractivity contribution in [2.45, 2.75) is 31.3 Å². The Balaban J connectivity index is 2.09. The number of hydrogen-bond donors (Lipinski definition) is 1. The van der Waals surface area contributed by atoms with Crippen molar-refractivity contribution in [2.75, 3.05) is 0 Å². The first kappa shape index (κ1) is 8.70. The summed E-state index contributed by atoms with van der Waals surface area (Å²) >= 11 is 0. The minimum atomic E-state index is -0.548. The summed E-state index contributed by atoms with van der Waals surface area (Å²) in [6.07, 6.45) is 3.38. The Labute approximate surface area is 77.2 Å². The SMILES string of the molecule is OC1(Cc2cccc(F)c2)CCC1. The fourth-order valence-corrected chi connectivity index (χ4v) is 1.79. The Morgan fingerprint density at radius 1 is 1.38 bits per heavy atom. The lowest BCUT2D eigenvalue weighted by atomic mass is 9.76. The summed E-state index contributed by atoms with van der Waals surface area (Å²) in [4.78, 5) is 0. The molecule has 70 valence electrons. The van der Waals surface area contributed by atoms with Gasteiger partial charge in [0.25, 0.3) is 0 Å². The molecule has 1 aliphatic carbocycles. The Hall–Kier alpha value is -0.890. The predicted octanol–water partition coefficient (Wildman–Crippen LogP) is 2.28. The molecule has 0 amide bonds. The summed E-state index contributed by atoms with van der Waals surface area (Å²) < 4.78 is 12.8. The molecule has 1 aliphatic rings. The summed E-state index contributed by atoms with van der Waals surface area (Å²) in [6, 6.07) is 6.47. The fourth-order valence-electron chi connectivity index (χ4n) is 1.79.